The molecule has 98 valence electrons. The summed E-state index contributed by atoms with van der Waals surface area (Å²) in [6.07, 6.45) is 3.76. The normalized spacial score (nSPS) is 18.3. The van der Waals surface area contributed by atoms with Crippen molar-refractivity contribution in [2.45, 2.75) is 38.2 Å². The molecule has 1 saturated carbocycles. The molecule has 0 aliphatic heterocycles. The summed E-state index contributed by atoms with van der Waals surface area (Å²) >= 11 is 0. The largest absolute Gasteiger partial charge is 0.481 e. The van der Waals surface area contributed by atoms with Crippen molar-refractivity contribution < 1.29 is 14.6 Å². The molecule has 3 heteroatoms. The number of methoxy groups -OCH3 is 1. The molecule has 1 aromatic rings. The van der Waals surface area contributed by atoms with E-state index in [-0.39, 0.29) is 11.5 Å². The van der Waals surface area contributed by atoms with Crippen LogP contribution in [0.1, 0.15) is 30.9 Å². The molecule has 1 fully saturated rings. The number of ether oxygens (including phenoxy) is 1. The summed E-state index contributed by atoms with van der Waals surface area (Å²) in [5.74, 6) is -1.08. The third-order valence-electron chi connectivity index (χ3n) is 3.72. The van der Waals surface area contributed by atoms with Crippen LogP contribution < -0.4 is 0 Å². The SMILES string of the molecule is COC1(Cc2cccc(CC(C)C(=O)O)c2)CC1. The lowest BCUT2D eigenvalue weighted by Crippen LogP contribution is -2.15. The van der Waals surface area contributed by atoms with Crippen LogP contribution in [0.2, 0.25) is 0 Å². The number of carbonyl (C=O) groups is 1. The summed E-state index contributed by atoms with van der Waals surface area (Å²) in [6, 6.07) is 8.20. The van der Waals surface area contributed by atoms with Gasteiger partial charge in [-0.1, -0.05) is 31.2 Å². The highest BCUT2D eigenvalue weighted by Crippen LogP contribution is 2.41. The van der Waals surface area contributed by atoms with Gasteiger partial charge in [-0.2, -0.15) is 0 Å². The van der Waals surface area contributed by atoms with Gasteiger partial charge in [-0.25, -0.2) is 0 Å². The van der Waals surface area contributed by atoms with Crippen LogP contribution in [0.25, 0.3) is 0 Å². The van der Waals surface area contributed by atoms with Crippen LogP contribution in [0.4, 0.5) is 0 Å². The van der Waals surface area contributed by atoms with Crippen molar-refractivity contribution >= 4 is 5.97 Å². The average molecular weight is 248 g/mol. The van der Waals surface area contributed by atoms with Crippen molar-refractivity contribution in [3.05, 3.63) is 35.4 Å². The summed E-state index contributed by atoms with van der Waals surface area (Å²) in [7, 11) is 1.77. The molecule has 3 nitrogen and oxygen atoms in total. The summed E-state index contributed by atoms with van der Waals surface area (Å²) in [6.45, 7) is 1.74. The maximum Gasteiger partial charge on any atom is 0.306 e. The third-order valence-corrected chi connectivity index (χ3v) is 3.72. The molecule has 1 unspecified atom stereocenters. The second kappa shape index (κ2) is 5.11. The van der Waals surface area contributed by atoms with E-state index in [1.54, 1.807) is 14.0 Å². The number of hydrogen-bond donors (Lipinski definition) is 1. The molecule has 2 rings (SSSR count). The molecular formula is C15H20O3. The van der Waals surface area contributed by atoms with E-state index in [9.17, 15) is 4.79 Å². The fourth-order valence-corrected chi connectivity index (χ4v) is 2.27. The molecule has 0 bridgehead atoms. The minimum atomic E-state index is -0.740. The van der Waals surface area contributed by atoms with Crippen molar-refractivity contribution in [3.63, 3.8) is 0 Å². The zero-order valence-electron chi connectivity index (χ0n) is 11.0. The van der Waals surface area contributed by atoms with Crippen LogP contribution in [0.15, 0.2) is 24.3 Å². The fourth-order valence-electron chi connectivity index (χ4n) is 2.27. The van der Waals surface area contributed by atoms with E-state index in [2.05, 4.69) is 12.1 Å². The monoisotopic (exact) mass is 248 g/mol. The third kappa shape index (κ3) is 3.10. The molecule has 1 aromatic carbocycles. The molecule has 0 radical (unpaired) electrons. The van der Waals surface area contributed by atoms with Crippen molar-refractivity contribution in [3.8, 4) is 0 Å². The molecule has 0 amide bonds. The quantitative estimate of drug-likeness (QED) is 0.842. The molecular weight excluding hydrogens is 228 g/mol. The molecule has 0 spiro atoms. The summed E-state index contributed by atoms with van der Waals surface area (Å²) in [4.78, 5) is 10.9. The van der Waals surface area contributed by atoms with E-state index in [1.807, 2.05) is 12.1 Å². The highest BCUT2D eigenvalue weighted by molar-refractivity contribution is 5.69. The van der Waals surface area contributed by atoms with Crippen molar-refractivity contribution in [2.75, 3.05) is 7.11 Å². The van der Waals surface area contributed by atoms with E-state index >= 15 is 0 Å². The topological polar surface area (TPSA) is 46.5 Å². The Morgan fingerprint density at radius 3 is 2.67 bits per heavy atom. The van der Waals surface area contributed by atoms with Crippen LogP contribution in [0, 0.1) is 5.92 Å². The number of hydrogen-bond acceptors (Lipinski definition) is 2. The van der Waals surface area contributed by atoms with E-state index in [0.29, 0.717) is 6.42 Å². The first kappa shape index (κ1) is 13.1. The number of carboxylic acids is 1. The van der Waals surface area contributed by atoms with Gasteiger partial charge in [0, 0.05) is 13.5 Å². The number of rotatable bonds is 6. The van der Waals surface area contributed by atoms with Crippen LogP contribution in [-0.2, 0) is 22.4 Å². The van der Waals surface area contributed by atoms with Crippen LogP contribution in [-0.4, -0.2) is 23.8 Å². The van der Waals surface area contributed by atoms with Gasteiger partial charge >= 0.3 is 5.97 Å². The molecule has 18 heavy (non-hydrogen) atoms. The number of benzene rings is 1. The molecule has 1 aliphatic carbocycles. The lowest BCUT2D eigenvalue weighted by atomic mass is 9.97. The Labute approximate surface area is 108 Å². The number of carboxylic acid groups (broad SMARTS) is 1. The van der Waals surface area contributed by atoms with Gasteiger partial charge in [0.1, 0.15) is 0 Å². The maximum absolute atomic E-state index is 10.9. The van der Waals surface area contributed by atoms with Gasteiger partial charge in [0.05, 0.1) is 11.5 Å². The summed E-state index contributed by atoms with van der Waals surface area (Å²) < 4.78 is 5.52. The fraction of sp³-hybridized carbons (Fsp3) is 0.533. The van der Waals surface area contributed by atoms with Crippen molar-refractivity contribution in [2.24, 2.45) is 5.92 Å². The molecule has 0 heterocycles. The first-order chi connectivity index (χ1) is 8.54. The van der Waals surface area contributed by atoms with Crippen LogP contribution >= 0.6 is 0 Å². The highest BCUT2D eigenvalue weighted by atomic mass is 16.5. The predicted molar refractivity (Wildman–Crippen MR) is 69.6 cm³/mol. The Balaban J connectivity index is 2.03. The zero-order chi connectivity index (χ0) is 13.2. The Kier molecular flexibility index (Phi) is 3.71. The number of aliphatic carboxylic acids is 1. The van der Waals surface area contributed by atoms with Gasteiger partial charge < -0.3 is 9.84 Å². The Morgan fingerprint density at radius 2 is 2.11 bits per heavy atom. The second-order valence-corrected chi connectivity index (χ2v) is 5.33. The van der Waals surface area contributed by atoms with E-state index in [4.69, 9.17) is 9.84 Å². The summed E-state index contributed by atoms with van der Waals surface area (Å²) in [5, 5.41) is 8.93. The molecule has 0 aromatic heterocycles. The van der Waals surface area contributed by atoms with Gasteiger partial charge in [-0.15, -0.1) is 0 Å². The van der Waals surface area contributed by atoms with E-state index < -0.39 is 5.97 Å². The van der Waals surface area contributed by atoms with Gasteiger partial charge in [0.2, 0.25) is 0 Å². The lowest BCUT2D eigenvalue weighted by molar-refractivity contribution is -0.141. The molecule has 1 atom stereocenters. The Hall–Kier alpha value is -1.35. The van der Waals surface area contributed by atoms with Gasteiger partial charge in [-0.05, 0) is 30.4 Å². The highest BCUT2D eigenvalue weighted by Gasteiger charge is 2.42. The lowest BCUT2D eigenvalue weighted by Gasteiger charge is -2.14. The minimum absolute atomic E-state index is 0.0526. The first-order valence-corrected chi connectivity index (χ1v) is 6.40. The Bertz CT molecular complexity index is 435. The standard InChI is InChI=1S/C15H20O3/c1-11(14(16)17)8-12-4-3-5-13(9-12)10-15(18-2)6-7-15/h3-5,9,11H,6-8,10H2,1-2H3,(H,16,17). The van der Waals surface area contributed by atoms with Gasteiger partial charge in [0.25, 0.3) is 0 Å². The van der Waals surface area contributed by atoms with Crippen LogP contribution in [0.5, 0.6) is 0 Å². The second-order valence-electron chi connectivity index (χ2n) is 5.33. The average Bonchev–Trinajstić information content (AvgIpc) is 3.10. The van der Waals surface area contributed by atoms with E-state index in [1.165, 1.54) is 5.56 Å². The first-order valence-electron chi connectivity index (χ1n) is 6.40. The minimum Gasteiger partial charge on any atom is -0.481 e. The molecule has 0 saturated heterocycles. The zero-order valence-corrected chi connectivity index (χ0v) is 11.0. The maximum atomic E-state index is 10.9. The summed E-state index contributed by atoms with van der Waals surface area (Å²) in [5.41, 5.74) is 2.38. The molecule has 1 aliphatic rings. The van der Waals surface area contributed by atoms with Gasteiger partial charge in [-0.3, -0.25) is 4.79 Å². The molecule has 1 N–H and O–H groups in total. The van der Waals surface area contributed by atoms with Crippen LogP contribution in [0.3, 0.4) is 0 Å². The Morgan fingerprint density at radius 1 is 1.44 bits per heavy atom. The smallest absolute Gasteiger partial charge is 0.306 e. The van der Waals surface area contributed by atoms with E-state index in [0.717, 1.165) is 24.8 Å². The van der Waals surface area contributed by atoms with Crippen molar-refractivity contribution in [1.82, 2.24) is 0 Å². The van der Waals surface area contributed by atoms with Crippen molar-refractivity contribution in [1.29, 1.82) is 0 Å². The van der Waals surface area contributed by atoms with Gasteiger partial charge in [0.15, 0.2) is 0 Å². The predicted octanol–water partition coefficient (Wildman–Crippen LogP) is 2.67.